The second-order valence-electron chi connectivity index (χ2n) is 6.75. The topological polar surface area (TPSA) is 71.2 Å². The number of alkyl halides is 2. The summed E-state index contributed by atoms with van der Waals surface area (Å²) in [5, 5.41) is 13.8. The van der Waals surface area contributed by atoms with E-state index >= 15 is 0 Å². The van der Waals surface area contributed by atoms with Gasteiger partial charge >= 0.3 is 0 Å². The predicted molar refractivity (Wildman–Crippen MR) is 95.1 cm³/mol. The fourth-order valence-corrected chi connectivity index (χ4v) is 3.33. The van der Waals surface area contributed by atoms with E-state index in [4.69, 9.17) is 0 Å². The van der Waals surface area contributed by atoms with Crippen LogP contribution in [0, 0.1) is 5.82 Å². The van der Waals surface area contributed by atoms with Crippen LogP contribution in [0.5, 0.6) is 0 Å². The van der Waals surface area contributed by atoms with Gasteiger partial charge in [-0.3, -0.25) is 14.5 Å². The predicted octanol–water partition coefficient (Wildman–Crippen LogP) is 2.77. The van der Waals surface area contributed by atoms with Crippen LogP contribution < -0.4 is 0 Å². The molecule has 0 aliphatic carbocycles. The van der Waals surface area contributed by atoms with Gasteiger partial charge in [-0.15, -0.1) is 0 Å². The Morgan fingerprint density at radius 1 is 1.25 bits per heavy atom. The molecule has 1 saturated heterocycles. The summed E-state index contributed by atoms with van der Waals surface area (Å²) in [5.74, 6) is -1.13. The third kappa shape index (κ3) is 3.45. The Balaban J connectivity index is 1.65. The maximum atomic E-state index is 13.6. The Hall–Kier alpha value is -2.94. The van der Waals surface area contributed by atoms with E-state index in [0.29, 0.717) is 41.7 Å². The fraction of sp³-hybridized carbons (Fsp3) is 0.316. The molecule has 3 heterocycles. The molecule has 6 nitrogen and oxygen atoms in total. The van der Waals surface area contributed by atoms with E-state index in [1.807, 2.05) is 0 Å². The minimum atomic E-state index is -2.92. The van der Waals surface area contributed by atoms with Crippen molar-refractivity contribution in [2.24, 2.45) is 0 Å². The summed E-state index contributed by atoms with van der Waals surface area (Å²) in [4.78, 5) is 18.3. The average molecular weight is 390 g/mol. The van der Waals surface area contributed by atoms with Gasteiger partial charge in [0.25, 0.3) is 6.43 Å². The van der Waals surface area contributed by atoms with Crippen LogP contribution in [-0.4, -0.2) is 49.9 Å². The summed E-state index contributed by atoms with van der Waals surface area (Å²) in [6.45, 7) is 0.773. The molecule has 0 unspecified atom stereocenters. The number of nitrogens with zero attached hydrogens (tertiary/aromatic N) is 4. The molecule has 146 valence electrons. The average Bonchev–Trinajstić information content (AvgIpc) is 3.28. The first-order chi connectivity index (χ1) is 13.4. The minimum Gasteiger partial charge on any atom is -0.391 e. The van der Waals surface area contributed by atoms with E-state index in [0.717, 1.165) is 12.1 Å². The third-order valence-electron chi connectivity index (χ3n) is 4.86. The summed E-state index contributed by atoms with van der Waals surface area (Å²) in [5.41, 5.74) is 1.35. The van der Waals surface area contributed by atoms with E-state index in [2.05, 4.69) is 10.1 Å². The zero-order chi connectivity index (χ0) is 19.8. The van der Waals surface area contributed by atoms with Gasteiger partial charge in [0.2, 0.25) is 5.91 Å². The van der Waals surface area contributed by atoms with E-state index in [1.165, 1.54) is 23.1 Å². The van der Waals surface area contributed by atoms with Crippen LogP contribution in [-0.2, 0) is 11.3 Å². The molecule has 1 aromatic carbocycles. The fourth-order valence-electron chi connectivity index (χ4n) is 3.33. The number of likely N-dealkylation sites (tertiary alicyclic amines) is 1. The molecule has 2 aromatic heterocycles. The van der Waals surface area contributed by atoms with Gasteiger partial charge in [-0.05, 0) is 30.2 Å². The van der Waals surface area contributed by atoms with E-state index in [1.54, 1.807) is 11.0 Å². The Morgan fingerprint density at radius 2 is 2.07 bits per heavy atom. The Labute approximate surface area is 158 Å². The molecule has 1 N–H and O–H groups in total. The molecule has 1 atom stereocenters. The molecule has 0 spiro atoms. The van der Waals surface area contributed by atoms with Gasteiger partial charge in [-0.1, -0.05) is 6.07 Å². The van der Waals surface area contributed by atoms with Crippen molar-refractivity contribution in [3.8, 4) is 11.1 Å². The molecule has 0 saturated carbocycles. The van der Waals surface area contributed by atoms with Crippen LogP contribution in [0.15, 0.2) is 36.7 Å². The van der Waals surface area contributed by atoms with Gasteiger partial charge in [0.15, 0.2) is 0 Å². The normalized spacial score (nSPS) is 17.0. The summed E-state index contributed by atoms with van der Waals surface area (Å²) in [6.07, 6.45) is 0.134. The number of β-amino-alcohol motifs (C(OH)–C–C–N with tert-alkyl or cyclic N) is 1. The zero-order valence-corrected chi connectivity index (χ0v) is 14.7. The second-order valence-corrected chi connectivity index (χ2v) is 6.75. The van der Waals surface area contributed by atoms with E-state index in [9.17, 15) is 23.1 Å². The Kier molecular flexibility index (Phi) is 4.76. The molecule has 0 radical (unpaired) electrons. The SMILES string of the molecule is O=C(Cn1ncc2ncc(-c3ccc(F)c(C(F)F)c3)cc21)N1CC[C@@H](O)C1. The number of halogens is 3. The number of carbonyl (C=O) groups is 1. The monoisotopic (exact) mass is 390 g/mol. The van der Waals surface area contributed by atoms with Crippen molar-refractivity contribution >= 4 is 16.9 Å². The van der Waals surface area contributed by atoms with Gasteiger partial charge < -0.3 is 10.0 Å². The Bertz CT molecular complexity index is 1040. The lowest BCUT2D eigenvalue weighted by Gasteiger charge is -2.15. The van der Waals surface area contributed by atoms with E-state index < -0.39 is 23.9 Å². The molecule has 0 bridgehead atoms. The highest BCUT2D eigenvalue weighted by Crippen LogP contribution is 2.29. The first-order valence-corrected chi connectivity index (χ1v) is 8.78. The first-order valence-electron chi connectivity index (χ1n) is 8.78. The highest BCUT2D eigenvalue weighted by molar-refractivity contribution is 5.83. The van der Waals surface area contributed by atoms with Crippen LogP contribution in [0.2, 0.25) is 0 Å². The Morgan fingerprint density at radius 3 is 2.79 bits per heavy atom. The van der Waals surface area contributed by atoms with Crippen molar-refractivity contribution in [2.75, 3.05) is 13.1 Å². The number of benzene rings is 1. The number of aliphatic hydroxyl groups is 1. The number of pyridine rings is 1. The number of fused-ring (bicyclic) bond motifs is 1. The molecular weight excluding hydrogens is 373 g/mol. The van der Waals surface area contributed by atoms with Crippen LogP contribution in [0.4, 0.5) is 13.2 Å². The maximum absolute atomic E-state index is 13.6. The zero-order valence-electron chi connectivity index (χ0n) is 14.7. The van der Waals surface area contributed by atoms with Crippen molar-refractivity contribution < 1.29 is 23.1 Å². The number of hydrogen-bond acceptors (Lipinski definition) is 4. The number of hydrogen-bond donors (Lipinski definition) is 1. The van der Waals surface area contributed by atoms with Gasteiger partial charge in [-0.2, -0.15) is 5.10 Å². The van der Waals surface area contributed by atoms with Crippen LogP contribution in [0.3, 0.4) is 0 Å². The van der Waals surface area contributed by atoms with Gasteiger partial charge in [0.1, 0.15) is 17.9 Å². The molecule has 28 heavy (non-hydrogen) atoms. The number of carbonyl (C=O) groups excluding carboxylic acids is 1. The van der Waals surface area contributed by atoms with Crippen molar-refractivity contribution in [3.05, 3.63) is 48.0 Å². The lowest BCUT2D eigenvalue weighted by molar-refractivity contribution is -0.131. The van der Waals surface area contributed by atoms with Crippen LogP contribution in [0.25, 0.3) is 22.2 Å². The van der Waals surface area contributed by atoms with Crippen LogP contribution in [0.1, 0.15) is 18.4 Å². The lowest BCUT2D eigenvalue weighted by atomic mass is 10.0. The highest BCUT2D eigenvalue weighted by atomic mass is 19.3. The first kappa shape index (κ1) is 18.4. The van der Waals surface area contributed by atoms with Gasteiger partial charge in [0.05, 0.1) is 23.4 Å². The number of aromatic nitrogens is 3. The molecule has 1 aliphatic rings. The molecule has 3 aromatic rings. The maximum Gasteiger partial charge on any atom is 0.266 e. The summed E-state index contributed by atoms with van der Waals surface area (Å²) in [7, 11) is 0. The number of rotatable bonds is 4. The molecule has 9 heteroatoms. The lowest BCUT2D eigenvalue weighted by Crippen LogP contribution is -2.32. The summed E-state index contributed by atoms with van der Waals surface area (Å²) >= 11 is 0. The van der Waals surface area contributed by atoms with Crippen molar-refractivity contribution in [2.45, 2.75) is 25.5 Å². The third-order valence-corrected chi connectivity index (χ3v) is 4.86. The smallest absolute Gasteiger partial charge is 0.266 e. The van der Waals surface area contributed by atoms with Crippen molar-refractivity contribution in [1.29, 1.82) is 0 Å². The quantitative estimate of drug-likeness (QED) is 0.744. The van der Waals surface area contributed by atoms with Crippen molar-refractivity contribution in [3.63, 3.8) is 0 Å². The highest BCUT2D eigenvalue weighted by Gasteiger charge is 2.25. The van der Waals surface area contributed by atoms with E-state index in [-0.39, 0.29) is 12.5 Å². The van der Waals surface area contributed by atoms with Gasteiger partial charge in [-0.25, -0.2) is 13.2 Å². The number of aliphatic hydroxyl groups excluding tert-OH is 1. The molecule has 1 amide bonds. The standard InChI is InChI=1S/C19H17F3N4O2/c20-15-2-1-11(5-14(15)19(21)22)12-6-17-16(23-7-12)8-24-26(17)10-18(28)25-4-3-13(27)9-25/h1-2,5-8,13,19,27H,3-4,9-10H2/t13-/m1/s1. The van der Waals surface area contributed by atoms with Gasteiger partial charge in [0, 0.05) is 24.8 Å². The number of amides is 1. The molecular formula is C19H17F3N4O2. The summed E-state index contributed by atoms with van der Waals surface area (Å²) < 4.78 is 41.0. The molecule has 1 fully saturated rings. The molecule has 4 rings (SSSR count). The molecule has 1 aliphatic heterocycles. The second kappa shape index (κ2) is 7.23. The van der Waals surface area contributed by atoms with Crippen LogP contribution >= 0.6 is 0 Å². The largest absolute Gasteiger partial charge is 0.391 e. The summed E-state index contributed by atoms with van der Waals surface area (Å²) in [6, 6.07) is 5.19. The minimum absolute atomic E-state index is 0.0208. The van der Waals surface area contributed by atoms with Crippen molar-refractivity contribution in [1.82, 2.24) is 19.7 Å².